The number of amides is 4. The first-order valence-corrected chi connectivity index (χ1v) is 8.97. The number of carbonyl (C=O) groups is 3. The summed E-state index contributed by atoms with van der Waals surface area (Å²) < 4.78 is 5.42. The number of carbonyl (C=O) groups excluding carboxylic acids is 3. The molecule has 3 aliphatic heterocycles. The van der Waals surface area contributed by atoms with Gasteiger partial charge in [-0.15, -0.1) is 0 Å². The third-order valence-corrected chi connectivity index (χ3v) is 4.83. The maximum atomic E-state index is 12.7. The van der Waals surface area contributed by atoms with Crippen LogP contribution >= 0.6 is 0 Å². The molecule has 2 bridgehead atoms. The van der Waals surface area contributed by atoms with Gasteiger partial charge in [0.1, 0.15) is 17.8 Å². The van der Waals surface area contributed by atoms with Gasteiger partial charge in [-0.1, -0.05) is 0 Å². The van der Waals surface area contributed by atoms with Crippen molar-refractivity contribution in [3.63, 3.8) is 0 Å². The molecule has 10 nitrogen and oxygen atoms in total. The largest absolute Gasteiger partial charge is 0.444 e. The number of piperazine rings is 1. The van der Waals surface area contributed by atoms with Crippen molar-refractivity contribution < 1.29 is 24.3 Å². The number of urea groups is 1. The zero-order chi connectivity index (χ0) is 19.1. The molecule has 0 spiro atoms. The normalized spacial score (nSPS) is 29.0. The van der Waals surface area contributed by atoms with Crippen molar-refractivity contribution in [3.05, 3.63) is 0 Å². The summed E-state index contributed by atoms with van der Waals surface area (Å²) in [4.78, 5) is 40.1. The maximum absolute atomic E-state index is 12.7. The molecule has 0 aromatic heterocycles. The lowest BCUT2D eigenvalue weighted by Gasteiger charge is -2.38. The second-order valence-corrected chi connectivity index (χ2v) is 7.93. The Morgan fingerprint density at radius 1 is 1.31 bits per heavy atom. The first-order chi connectivity index (χ1) is 12.2. The molecule has 3 rings (SSSR count). The van der Waals surface area contributed by atoms with Gasteiger partial charge in [-0.05, 0) is 33.6 Å². The zero-order valence-corrected chi connectivity index (χ0v) is 15.4. The van der Waals surface area contributed by atoms with E-state index < -0.39 is 29.9 Å². The van der Waals surface area contributed by atoms with Crippen molar-refractivity contribution in [1.82, 2.24) is 25.5 Å². The van der Waals surface area contributed by atoms with E-state index >= 15 is 0 Å². The van der Waals surface area contributed by atoms with Crippen LogP contribution in [0.2, 0.25) is 0 Å². The van der Waals surface area contributed by atoms with Crippen molar-refractivity contribution in [3.8, 4) is 0 Å². The minimum atomic E-state index is -0.640. The number of nitrogens with one attached hydrogen (secondary N) is 2. The molecule has 10 heteroatoms. The molecule has 1 unspecified atom stereocenters. The third kappa shape index (κ3) is 3.70. The van der Waals surface area contributed by atoms with E-state index in [2.05, 4.69) is 10.6 Å². The topological polar surface area (TPSA) is 114 Å². The highest BCUT2D eigenvalue weighted by atomic mass is 16.6. The van der Waals surface area contributed by atoms with Crippen molar-refractivity contribution in [2.24, 2.45) is 0 Å². The smallest absolute Gasteiger partial charge is 0.412 e. The molecule has 3 atom stereocenters. The van der Waals surface area contributed by atoms with E-state index in [-0.39, 0.29) is 11.9 Å². The summed E-state index contributed by atoms with van der Waals surface area (Å²) in [6, 6.07) is -1.43. The van der Waals surface area contributed by atoms with Gasteiger partial charge in [-0.3, -0.25) is 14.9 Å². The molecule has 3 N–H and O–H groups in total. The van der Waals surface area contributed by atoms with Gasteiger partial charge in [0.15, 0.2) is 0 Å². The average molecular weight is 369 g/mol. The number of hydrogen-bond donors (Lipinski definition) is 3. The highest BCUT2D eigenvalue weighted by molar-refractivity contribution is 5.88. The molecule has 3 saturated heterocycles. The molecule has 146 valence electrons. The summed E-state index contributed by atoms with van der Waals surface area (Å²) in [5.74, 6) is -0.325. The minimum absolute atomic E-state index is 0.249. The van der Waals surface area contributed by atoms with Crippen LogP contribution in [0, 0.1) is 0 Å². The first kappa shape index (κ1) is 18.7. The van der Waals surface area contributed by atoms with Crippen LogP contribution in [0.25, 0.3) is 0 Å². The van der Waals surface area contributed by atoms with Gasteiger partial charge in [0.05, 0.1) is 6.04 Å². The molecule has 4 amide bonds. The van der Waals surface area contributed by atoms with Crippen LogP contribution < -0.4 is 10.6 Å². The Bertz CT molecular complexity index is 592. The fourth-order valence-corrected chi connectivity index (χ4v) is 3.56. The molecular weight excluding hydrogens is 342 g/mol. The highest BCUT2D eigenvalue weighted by Crippen LogP contribution is 2.28. The zero-order valence-electron chi connectivity index (χ0n) is 15.4. The Kier molecular flexibility index (Phi) is 4.98. The lowest BCUT2D eigenvalue weighted by Crippen LogP contribution is -2.63. The van der Waals surface area contributed by atoms with E-state index in [9.17, 15) is 19.6 Å². The average Bonchev–Trinajstić information content (AvgIpc) is 2.78. The lowest BCUT2D eigenvalue weighted by atomic mass is 10.00. The van der Waals surface area contributed by atoms with Crippen LogP contribution in [-0.2, 0) is 9.53 Å². The minimum Gasteiger partial charge on any atom is -0.444 e. The molecule has 0 saturated carbocycles. The van der Waals surface area contributed by atoms with Crippen molar-refractivity contribution in [2.45, 2.75) is 57.5 Å². The summed E-state index contributed by atoms with van der Waals surface area (Å²) in [7, 11) is 0. The van der Waals surface area contributed by atoms with Gasteiger partial charge in [0, 0.05) is 26.2 Å². The number of piperidine rings is 1. The molecular formula is C16H27N5O5. The number of fused-ring (bicyclic) bond motifs is 2. The second kappa shape index (κ2) is 6.92. The summed E-state index contributed by atoms with van der Waals surface area (Å²) in [6.07, 6.45) is 0.0139. The molecule has 3 heterocycles. The van der Waals surface area contributed by atoms with E-state index in [0.29, 0.717) is 44.1 Å². The Morgan fingerprint density at radius 2 is 2.04 bits per heavy atom. The fraction of sp³-hybridized carbons (Fsp3) is 0.812. The monoisotopic (exact) mass is 369 g/mol. The summed E-state index contributed by atoms with van der Waals surface area (Å²) in [5.41, 5.74) is -0.624. The van der Waals surface area contributed by atoms with E-state index in [1.54, 1.807) is 20.8 Å². The first-order valence-electron chi connectivity index (χ1n) is 8.97. The molecule has 0 radical (unpaired) electrons. The second-order valence-electron chi connectivity index (χ2n) is 7.93. The van der Waals surface area contributed by atoms with Crippen LogP contribution in [0.1, 0.15) is 33.6 Å². The van der Waals surface area contributed by atoms with Crippen LogP contribution in [0.5, 0.6) is 0 Å². The predicted molar refractivity (Wildman–Crippen MR) is 90.3 cm³/mol. The van der Waals surface area contributed by atoms with Gasteiger partial charge in [-0.25, -0.2) is 14.7 Å². The Morgan fingerprint density at radius 3 is 2.73 bits per heavy atom. The van der Waals surface area contributed by atoms with Gasteiger partial charge < -0.3 is 20.3 Å². The Hall–Kier alpha value is -2.07. The van der Waals surface area contributed by atoms with Crippen molar-refractivity contribution in [1.29, 1.82) is 0 Å². The SMILES string of the molecule is CC(C)(C)OC(=O)N1CCNCC1NC(=O)[C@@H]1CC[C@@H]2CN1C(=O)N2O. The van der Waals surface area contributed by atoms with Crippen LogP contribution in [0.4, 0.5) is 9.59 Å². The predicted octanol–water partition coefficient (Wildman–Crippen LogP) is -0.0732. The van der Waals surface area contributed by atoms with Gasteiger partial charge in [0.2, 0.25) is 5.91 Å². The number of hydroxylamine groups is 2. The van der Waals surface area contributed by atoms with Gasteiger partial charge in [0.25, 0.3) is 0 Å². The third-order valence-electron chi connectivity index (χ3n) is 4.83. The van der Waals surface area contributed by atoms with Crippen LogP contribution in [0.3, 0.4) is 0 Å². The van der Waals surface area contributed by atoms with Crippen LogP contribution in [-0.4, -0.2) is 88.1 Å². The van der Waals surface area contributed by atoms with E-state index in [1.807, 2.05) is 0 Å². The molecule has 26 heavy (non-hydrogen) atoms. The Labute approximate surface area is 152 Å². The molecule has 0 aliphatic carbocycles. The van der Waals surface area contributed by atoms with Crippen molar-refractivity contribution in [2.75, 3.05) is 26.2 Å². The maximum Gasteiger partial charge on any atom is 0.412 e. The molecule has 0 aromatic rings. The number of rotatable bonds is 2. The highest BCUT2D eigenvalue weighted by Gasteiger charge is 2.47. The van der Waals surface area contributed by atoms with Gasteiger partial charge >= 0.3 is 12.1 Å². The summed E-state index contributed by atoms with van der Waals surface area (Å²) in [5, 5.41) is 16.5. The van der Waals surface area contributed by atoms with Crippen molar-refractivity contribution >= 4 is 18.0 Å². The van der Waals surface area contributed by atoms with E-state index in [1.165, 1.54) is 9.80 Å². The van der Waals surface area contributed by atoms with Gasteiger partial charge in [-0.2, -0.15) is 0 Å². The van der Waals surface area contributed by atoms with Crippen LogP contribution in [0.15, 0.2) is 0 Å². The lowest BCUT2D eigenvalue weighted by molar-refractivity contribution is -0.128. The Balaban J connectivity index is 1.65. The molecule has 0 aromatic carbocycles. The number of ether oxygens (including phenoxy) is 1. The number of nitrogens with zero attached hydrogens (tertiary/aromatic N) is 3. The molecule has 3 fully saturated rings. The number of hydrogen-bond acceptors (Lipinski definition) is 6. The quantitative estimate of drug-likeness (QED) is 0.587. The fourth-order valence-electron chi connectivity index (χ4n) is 3.56. The molecule has 3 aliphatic rings. The summed E-state index contributed by atoms with van der Waals surface area (Å²) in [6.45, 7) is 7.14. The standard InChI is InChI=1S/C16H27N5O5/c1-16(2,3)26-15(24)19-7-6-17-8-12(19)18-13(22)11-5-4-10-9-20(11)14(23)21(10)25/h10-12,17,25H,4-9H2,1-3H3,(H,18,22)/t10-,11+,12?/m1/s1. The van der Waals surface area contributed by atoms with E-state index in [4.69, 9.17) is 4.74 Å². The summed E-state index contributed by atoms with van der Waals surface area (Å²) >= 11 is 0. The van der Waals surface area contributed by atoms with E-state index in [0.717, 1.165) is 0 Å².